The molecule has 1 aliphatic rings. The van der Waals surface area contributed by atoms with Gasteiger partial charge in [0.05, 0.1) is 13.2 Å². The highest BCUT2D eigenvalue weighted by Gasteiger charge is 2.37. The van der Waals surface area contributed by atoms with Gasteiger partial charge in [-0.15, -0.1) is 6.58 Å². The third-order valence-electron chi connectivity index (χ3n) is 10.8. The summed E-state index contributed by atoms with van der Waals surface area (Å²) in [6.45, 7) is 10.3. The third-order valence-corrected chi connectivity index (χ3v) is 10.8. The predicted octanol–water partition coefficient (Wildman–Crippen LogP) is 11.9. The minimum Gasteiger partial charge on any atom is -0.466 e. The maximum absolute atomic E-state index is 12.6. The molecule has 1 unspecified atom stereocenters. The maximum atomic E-state index is 12.6. The molecular weight excluding hydrogens is 650 g/mol. The van der Waals surface area contributed by atoms with Crippen LogP contribution in [0, 0.1) is 17.8 Å². The minimum atomic E-state index is -0.0774. The van der Waals surface area contributed by atoms with Gasteiger partial charge < -0.3 is 19.1 Å². The second kappa shape index (κ2) is 33.7. The number of allylic oxidation sites excluding steroid dienone is 1. The van der Waals surface area contributed by atoms with E-state index in [0.717, 1.165) is 109 Å². The van der Waals surface area contributed by atoms with Gasteiger partial charge in [-0.1, -0.05) is 110 Å². The summed E-state index contributed by atoms with van der Waals surface area (Å²) in [5.74, 6) is 1.84. The van der Waals surface area contributed by atoms with Crippen LogP contribution in [0.1, 0.15) is 200 Å². The number of carbonyl (C=O) groups excluding carboxylic acids is 3. The Bertz CT molecular complexity index is 881. The van der Waals surface area contributed by atoms with Crippen molar-refractivity contribution in [1.82, 2.24) is 4.90 Å². The molecule has 0 aliphatic heterocycles. The lowest BCUT2D eigenvalue weighted by atomic mass is 9.92. The summed E-state index contributed by atoms with van der Waals surface area (Å²) in [5, 5.41) is 0. The Labute approximate surface area is 321 Å². The molecule has 304 valence electrons. The standard InChI is InChI=1S/C45H83NO6/c1-6-9-18-26-39(27-19-10-7-2)34-36-50-43(47)31-23-16-12-14-21-29-42(52-45(49)33-25-35-46(4)5)30-22-15-13-17-24-32-44(48)51-38-41-37-40(41)28-20-11-8-3/h8,39-42H,3,6-7,9-38H2,1-2,4-5H3/t40-,41+,42?/m1/s1. The Kier molecular flexibility index (Phi) is 31.2. The lowest BCUT2D eigenvalue weighted by Gasteiger charge is -2.18. The molecule has 1 rings (SSSR count). The average Bonchev–Trinajstić information content (AvgIpc) is 3.87. The fourth-order valence-electron chi connectivity index (χ4n) is 7.27. The van der Waals surface area contributed by atoms with E-state index in [-0.39, 0.29) is 24.0 Å². The largest absolute Gasteiger partial charge is 0.466 e. The van der Waals surface area contributed by atoms with Crippen LogP contribution >= 0.6 is 0 Å². The van der Waals surface area contributed by atoms with Crippen LogP contribution in [0.25, 0.3) is 0 Å². The van der Waals surface area contributed by atoms with Gasteiger partial charge in [-0.25, -0.2) is 0 Å². The zero-order valence-electron chi connectivity index (χ0n) is 34.6. The lowest BCUT2D eigenvalue weighted by Crippen LogP contribution is -2.20. The Morgan fingerprint density at radius 2 is 1.17 bits per heavy atom. The number of ether oxygens (including phenoxy) is 3. The lowest BCUT2D eigenvalue weighted by molar-refractivity contribution is -0.150. The molecular formula is C45H83NO6. The number of esters is 3. The van der Waals surface area contributed by atoms with E-state index < -0.39 is 0 Å². The topological polar surface area (TPSA) is 82.1 Å². The monoisotopic (exact) mass is 734 g/mol. The van der Waals surface area contributed by atoms with Gasteiger partial charge in [-0.05, 0) is 115 Å². The van der Waals surface area contributed by atoms with Crippen molar-refractivity contribution in [1.29, 1.82) is 0 Å². The number of hydrogen-bond donors (Lipinski definition) is 0. The van der Waals surface area contributed by atoms with Gasteiger partial charge in [0.1, 0.15) is 6.10 Å². The van der Waals surface area contributed by atoms with E-state index in [2.05, 4.69) is 25.3 Å². The molecule has 0 spiro atoms. The number of hydrogen-bond acceptors (Lipinski definition) is 7. The highest BCUT2D eigenvalue weighted by atomic mass is 16.5. The number of rotatable bonds is 38. The summed E-state index contributed by atoms with van der Waals surface area (Å²) < 4.78 is 17.1. The summed E-state index contributed by atoms with van der Waals surface area (Å²) in [5.41, 5.74) is 0. The van der Waals surface area contributed by atoms with E-state index in [1.54, 1.807) is 0 Å². The van der Waals surface area contributed by atoms with Crippen LogP contribution in [-0.4, -0.2) is 62.8 Å². The quantitative estimate of drug-likeness (QED) is 0.0270. The molecule has 0 heterocycles. The van der Waals surface area contributed by atoms with Crippen LogP contribution in [0.2, 0.25) is 0 Å². The molecule has 0 saturated heterocycles. The van der Waals surface area contributed by atoms with E-state index in [0.29, 0.717) is 44.3 Å². The molecule has 1 aliphatic carbocycles. The molecule has 52 heavy (non-hydrogen) atoms. The van der Waals surface area contributed by atoms with Crippen molar-refractivity contribution in [3.8, 4) is 0 Å². The van der Waals surface area contributed by atoms with Gasteiger partial charge >= 0.3 is 17.9 Å². The Balaban J connectivity index is 2.21. The van der Waals surface area contributed by atoms with Gasteiger partial charge in [0.2, 0.25) is 0 Å². The first kappa shape index (κ1) is 48.1. The molecule has 0 bridgehead atoms. The molecule has 7 nitrogen and oxygen atoms in total. The molecule has 0 aromatic carbocycles. The van der Waals surface area contributed by atoms with Crippen molar-refractivity contribution in [3.05, 3.63) is 12.7 Å². The van der Waals surface area contributed by atoms with Crippen LogP contribution < -0.4 is 0 Å². The first-order valence-corrected chi connectivity index (χ1v) is 22.0. The molecule has 1 fully saturated rings. The molecule has 1 saturated carbocycles. The zero-order chi connectivity index (χ0) is 38.1. The van der Waals surface area contributed by atoms with E-state index in [1.165, 1.54) is 70.6 Å². The van der Waals surface area contributed by atoms with E-state index in [1.807, 2.05) is 20.2 Å². The normalized spacial score (nSPS) is 15.9. The maximum Gasteiger partial charge on any atom is 0.306 e. The molecule has 0 amide bonds. The van der Waals surface area contributed by atoms with E-state index in [4.69, 9.17) is 14.2 Å². The van der Waals surface area contributed by atoms with Crippen molar-refractivity contribution < 1.29 is 28.6 Å². The van der Waals surface area contributed by atoms with Crippen molar-refractivity contribution in [3.63, 3.8) is 0 Å². The van der Waals surface area contributed by atoms with Crippen molar-refractivity contribution >= 4 is 17.9 Å². The van der Waals surface area contributed by atoms with Gasteiger partial charge in [-0.3, -0.25) is 14.4 Å². The Morgan fingerprint density at radius 1 is 0.635 bits per heavy atom. The number of nitrogens with zero attached hydrogens (tertiary/aromatic N) is 1. The summed E-state index contributed by atoms with van der Waals surface area (Å²) in [4.78, 5) is 39.2. The van der Waals surface area contributed by atoms with E-state index in [9.17, 15) is 14.4 Å². The van der Waals surface area contributed by atoms with Crippen molar-refractivity contribution in [2.75, 3.05) is 33.9 Å². The average molecular weight is 734 g/mol. The second-order valence-corrected chi connectivity index (χ2v) is 16.2. The summed E-state index contributed by atoms with van der Waals surface area (Å²) in [7, 11) is 4.05. The van der Waals surface area contributed by atoms with Crippen molar-refractivity contribution in [2.24, 2.45) is 17.8 Å². The van der Waals surface area contributed by atoms with Gasteiger partial charge in [0.25, 0.3) is 0 Å². The third kappa shape index (κ3) is 29.6. The summed E-state index contributed by atoms with van der Waals surface area (Å²) in [6.07, 6.45) is 32.3. The summed E-state index contributed by atoms with van der Waals surface area (Å²) in [6, 6.07) is 0. The Morgan fingerprint density at radius 3 is 1.75 bits per heavy atom. The fraction of sp³-hybridized carbons (Fsp3) is 0.889. The van der Waals surface area contributed by atoms with E-state index >= 15 is 0 Å². The first-order chi connectivity index (χ1) is 25.3. The fourth-order valence-corrected chi connectivity index (χ4v) is 7.27. The van der Waals surface area contributed by atoms with Crippen LogP contribution in [-0.2, 0) is 28.6 Å². The SMILES string of the molecule is C=CCCC[C@@H]1C[C@H]1COC(=O)CCCCCCCC(CCCCCCCC(=O)OCCC(CCCCC)CCCCC)OC(=O)CCCN(C)C. The second-order valence-electron chi connectivity index (χ2n) is 16.2. The molecule has 0 radical (unpaired) electrons. The first-order valence-electron chi connectivity index (χ1n) is 22.0. The minimum absolute atomic E-state index is 0.0207. The van der Waals surface area contributed by atoms with Crippen molar-refractivity contribution in [2.45, 2.75) is 206 Å². The number of unbranched alkanes of at least 4 members (excludes halogenated alkanes) is 13. The van der Waals surface area contributed by atoms with Crippen LogP contribution in [0.4, 0.5) is 0 Å². The molecule has 3 atom stereocenters. The number of carbonyl (C=O) groups is 3. The van der Waals surface area contributed by atoms with Gasteiger partial charge in [0.15, 0.2) is 0 Å². The smallest absolute Gasteiger partial charge is 0.306 e. The predicted molar refractivity (Wildman–Crippen MR) is 216 cm³/mol. The molecule has 0 N–H and O–H groups in total. The highest BCUT2D eigenvalue weighted by Crippen LogP contribution is 2.42. The van der Waals surface area contributed by atoms with Crippen LogP contribution in [0.3, 0.4) is 0 Å². The summed E-state index contributed by atoms with van der Waals surface area (Å²) >= 11 is 0. The molecule has 0 aromatic rings. The van der Waals surface area contributed by atoms with Crippen LogP contribution in [0.5, 0.6) is 0 Å². The zero-order valence-corrected chi connectivity index (χ0v) is 34.6. The Hall–Kier alpha value is -1.89. The highest BCUT2D eigenvalue weighted by molar-refractivity contribution is 5.70. The van der Waals surface area contributed by atoms with Gasteiger partial charge in [0, 0.05) is 19.3 Å². The van der Waals surface area contributed by atoms with Gasteiger partial charge in [-0.2, -0.15) is 0 Å². The molecule has 7 heteroatoms. The van der Waals surface area contributed by atoms with Crippen LogP contribution in [0.15, 0.2) is 12.7 Å². The molecule has 0 aromatic heterocycles.